The molecule has 2 rings (SSSR count). The molecule has 5 heteroatoms. The second-order valence-corrected chi connectivity index (χ2v) is 5.90. The van der Waals surface area contributed by atoms with Crippen molar-refractivity contribution in [2.24, 2.45) is 0 Å². The Balaban J connectivity index is 1.95. The quantitative estimate of drug-likeness (QED) is 0.805. The molecule has 2 N–H and O–H groups in total. The summed E-state index contributed by atoms with van der Waals surface area (Å²) in [6.45, 7) is 4.10. The number of hydrogen-bond acceptors (Lipinski definition) is 3. The van der Waals surface area contributed by atoms with E-state index in [2.05, 4.69) is 26.6 Å². The molecule has 0 heterocycles. The zero-order valence-electron chi connectivity index (χ0n) is 12.6. The van der Waals surface area contributed by atoms with Crippen LogP contribution in [0.15, 0.2) is 53.0 Å². The van der Waals surface area contributed by atoms with Crippen molar-refractivity contribution < 1.29 is 9.53 Å². The highest BCUT2D eigenvalue weighted by atomic mass is 79.9. The fourth-order valence-electron chi connectivity index (χ4n) is 1.90. The molecule has 0 unspecified atom stereocenters. The van der Waals surface area contributed by atoms with Crippen molar-refractivity contribution >= 4 is 33.2 Å². The summed E-state index contributed by atoms with van der Waals surface area (Å²) in [7, 11) is 0. The standard InChI is InChI=1S/C17H19BrN2O2/c1-12(2)22-16-10-6-5-9-15(16)19-11-17(21)20-14-8-4-3-7-13(14)18/h3-10,12,19H,11H2,1-2H3,(H,20,21). The van der Waals surface area contributed by atoms with Crippen molar-refractivity contribution in [3.8, 4) is 5.75 Å². The van der Waals surface area contributed by atoms with E-state index in [1.54, 1.807) is 0 Å². The van der Waals surface area contributed by atoms with E-state index in [4.69, 9.17) is 4.74 Å². The summed E-state index contributed by atoms with van der Waals surface area (Å²) >= 11 is 3.40. The van der Waals surface area contributed by atoms with Gasteiger partial charge in [-0.25, -0.2) is 0 Å². The molecule has 0 fully saturated rings. The smallest absolute Gasteiger partial charge is 0.243 e. The molecule has 0 saturated carbocycles. The Bertz CT molecular complexity index is 644. The topological polar surface area (TPSA) is 50.4 Å². The number of halogens is 1. The first-order chi connectivity index (χ1) is 10.6. The van der Waals surface area contributed by atoms with Gasteiger partial charge < -0.3 is 15.4 Å². The van der Waals surface area contributed by atoms with Crippen LogP contribution in [-0.4, -0.2) is 18.6 Å². The number of para-hydroxylation sites is 3. The van der Waals surface area contributed by atoms with Gasteiger partial charge in [0.05, 0.1) is 24.0 Å². The molecule has 0 aromatic heterocycles. The summed E-state index contributed by atoms with van der Waals surface area (Å²) in [6, 6.07) is 15.1. The lowest BCUT2D eigenvalue weighted by Crippen LogP contribution is -2.22. The Morgan fingerprint density at radius 1 is 1.09 bits per heavy atom. The van der Waals surface area contributed by atoms with Crippen molar-refractivity contribution in [3.05, 3.63) is 53.0 Å². The second-order valence-electron chi connectivity index (χ2n) is 5.04. The van der Waals surface area contributed by atoms with E-state index in [1.165, 1.54) is 0 Å². The Hall–Kier alpha value is -2.01. The van der Waals surface area contributed by atoms with Gasteiger partial charge in [-0.05, 0) is 54.0 Å². The number of benzene rings is 2. The van der Waals surface area contributed by atoms with Crippen LogP contribution >= 0.6 is 15.9 Å². The molecule has 0 radical (unpaired) electrons. The van der Waals surface area contributed by atoms with Gasteiger partial charge in [0, 0.05) is 4.47 Å². The SMILES string of the molecule is CC(C)Oc1ccccc1NCC(=O)Nc1ccccc1Br. The van der Waals surface area contributed by atoms with Gasteiger partial charge in [0.1, 0.15) is 5.75 Å². The van der Waals surface area contributed by atoms with Gasteiger partial charge >= 0.3 is 0 Å². The molecular formula is C17H19BrN2O2. The Morgan fingerprint density at radius 3 is 2.41 bits per heavy atom. The number of amides is 1. The van der Waals surface area contributed by atoms with E-state index in [0.29, 0.717) is 0 Å². The lowest BCUT2D eigenvalue weighted by atomic mass is 10.3. The van der Waals surface area contributed by atoms with E-state index in [0.717, 1.165) is 21.6 Å². The largest absolute Gasteiger partial charge is 0.489 e. The van der Waals surface area contributed by atoms with Crippen LogP contribution in [0, 0.1) is 0 Å². The van der Waals surface area contributed by atoms with E-state index in [9.17, 15) is 4.79 Å². The van der Waals surface area contributed by atoms with Crippen molar-refractivity contribution in [2.45, 2.75) is 20.0 Å². The molecule has 0 saturated heterocycles. The van der Waals surface area contributed by atoms with E-state index < -0.39 is 0 Å². The Labute approximate surface area is 139 Å². The lowest BCUT2D eigenvalue weighted by molar-refractivity contribution is -0.114. The number of hydrogen-bond donors (Lipinski definition) is 2. The highest BCUT2D eigenvalue weighted by molar-refractivity contribution is 9.10. The van der Waals surface area contributed by atoms with Crippen LogP contribution in [0.5, 0.6) is 5.75 Å². The van der Waals surface area contributed by atoms with E-state index in [-0.39, 0.29) is 18.6 Å². The minimum atomic E-state index is -0.119. The van der Waals surface area contributed by atoms with E-state index >= 15 is 0 Å². The van der Waals surface area contributed by atoms with Crippen molar-refractivity contribution in [3.63, 3.8) is 0 Å². The summed E-state index contributed by atoms with van der Waals surface area (Å²) in [5.41, 5.74) is 1.56. The third kappa shape index (κ3) is 4.77. The van der Waals surface area contributed by atoms with Crippen molar-refractivity contribution in [1.82, 2.24) is 0 Å². The minimum absolute atomic E-state index is 0.0806. The number of carbonyl (C=O) groups excluding carboxylic acids is 1. The number of anilines is 2. The van der Waals surface area contributed by atoms with Gasteiger partial charge in [-0.1, -0.05) is 24.3 Å². The molecular weight excluding hydrogens is 344 g/mol. The van der Waals surface area contributed by atoms with E-state index in [1.807, 2.05) is 62.4 Å². The van der Waals surface area contributed by atoms with Gasteiger partial charge in [0.15, 0.2) is 0 Å². The fraction of sp³-hybridized carbons (Fsp3) is 0.235. The third-order valence-electron chi connectivity index (χ3n) is 2.84. The summed E-state index contributed by atoms with van der Waals surface area (Å²) in [5.74, 6) is 0.623. The predicted molar refractivity (Wildman–Crippen MR) is 93.5 cm³/mol. The van der Waals surface area contributed by atoms with Crippen LogP contribution in [0.4, 0.5) is 11.4 Å². The number of ether oxygens (including phenoxy) is 1. The number of rotatable bonds is 6. The first-order valence-corrected chi connectivity index (χ1v) is 7.89. The fourth-order valence-corrected chi connectivity index (χ4v) is 2.29. The van der Waals surface area contributed by atoms with Crippen LogP contribution < -0.4 is 15.4 Å². The average molecular weight is 363 g/mol. The van der Waals surface area contributed by atoms with Gasteiger partial charge in [-0.3, -0.25) is 4.79 Å². The molecule has 0 aliphatic rings. The van der Waals surface area contributed by atoms with Crippen molar-refractivity contribution in [2.75, 3.05) is 17.2 Å². The molecule has 22 heavy (non-hydrogen) atoms. The monoisotopic (exact) mass is 362 g/mol. The maximum atomic E-state index is 12.0. The Kier molecular flexibility index (Phi) is 5.83. The maximum Gasteiger partial charge on any atom is 0.243 e. The molecule has 4 nitrogen and oxygen atoms in total. The minimum Gasteiger partial charge on any atom is -0.489 e. The average Bonchev–Trinajstić information content (AvgIpc) is 2.48. The van der Waals surface area contributed by atoms with Crippen LogP contribution in [0.1, 0.15) is 13.8 Å². The summed E-state index contributed by atoms with van der Waals surface area (Å²) < 4.78 is 6.57. The number of carbonyl (C=O) groups is 1. The zero-order chi connectivity index (χ0) is 15.9. The van der Waals surface area contributed by atoms with Gasteiger partial charge in [0.25, 0.3) is 0 Å². The van der Waals surface area contributed by atoms with Crippen LogP contribution in [0.2, 0.25) is 0 Å². The highest BCUT2D eigenvalue weighted by Gasteiger charge is 2.08. The summed E-state index contributed by atoms with van der Waals surface area (Å²) in [5, 5.41) is 5.96. The second kappa shape index (κ2) is 7.84. The molecule has 0 aliphatic carbocycles. The van der Waals surface area contributed by atoms with Gasteiger partial charge in [-0.2, -0.15) is 0 Å². The molecule has 0 spiro atoms. The lowest BCUT2D eigenvalue weighted by Gasteiger charge is -2.15. The molecule has 2 aromatic carbocycles. The highest BCUT2D eigenvalue weighted by Crippen LogP contribution is 2.25. The van der Waals surface area contributed by atoms with Crippen molar-refractivity contribution in [1.29, 1.82) is 0 Å². The molecule has 0 atom stereocenters. The maximum absolute atomic E-state index is 12.0. The molecule has 0 aliphatic heterocycles. The Morgan fingerprint density at radius 2 is 1.73 bits per heavy atom. The first kappa shape index (κ1) is 16.4. The van der Waals surface area contributed by atoms with Crippen LogP contribution in [0.3, 0.4) is 0 Å². The normalized spacial score (nSPS) is 10.4. The molecule has 0 bridgehead atoms. The van der Waals surface area contributed by atoms with Crippen LogP contribution in [-0.2, 0) is 4.79 Å². The first-order valence-electron chi connectivity index (χ1n) is 7.10. The molecule has 116 valence electrons. The summed E-state index contributed by atoms with van der Waals surface area (Å²) in [6.07, 6.45) is 0.0806. The zero-order valence-corrected chi connectivity index (χ0v) is 14.2. The van der Waals surface area contributed by atoms with Gasteiger partial charge in [-0.15, -0.1) is 0 Å². The third-order valence-corrected chi connectivity index (χ3v) is 3.53. The molecule has 1 amide bonds. The van der Waals surface area contributed by atoms with Gasteiger partial charge in [0.2, 0.25) is 5.91 Å². The van der Waals surface area contributed by atoms with Crippen LogP contribution in [0.25, 0.3) is 0 Å². The summed E-state index contributed by atoms with van der Waals surface area (Å²) in [4.78, 5) is 12.0. The predicted octanol–water partition coefficient (Wildman–Crippen LogP) is 4.29. The number of nitrogens with one attached hydrogen (secondary N) is 2. The molecule has 2 aromatic rings.